The number of carbonyl (C=O) groups is 1. The lowest BCUT2D eigenvalue weighted by molar-refractivity contribution is 0.0827. The van der Waals surface area contributed by atoms with Gasteiger partial charge >= 0.3 is 0 Å². The number of nitrogens with zero attached hydrogens (tertiary/aromatic N) is 3. The molecule has 0 spiro atoms. The number of halogens is 1. The number of likely N-dealkylation sites (tertiary alicyclic amines) is 1. The van der Waals surface area contributed by atoms with Crippen molar-refractivity contribution in [2.75, 3.05) is 47.3 Å². The van der Waals surface area contributed by atoms with Crippen molar-refractivity contribution in [3.63, 3.8) is 0 Å². The van der Waals surface area contributed by atoms with Gasteiger partial charge < -0.3 is 15.5 Å². The van der Waals surface area contributed by atoms with E-state index in [1.54, 1.807) is 26.0 Å². The number of aliphatic imine (C=N–C) groups is 1. The lowest BCUT2D eigenvalue weighted by Gasteiger charge is -2.33. The first-order valence-electron chi connectivity index (χ1n) is 10.0. The molecule has 1 fully saturated rings. The van der Waals surface area contributed by atoms with Crippen molar-refractivity contribution in [3.05, 3.63) is 35.4 Å². The van der Waals surface area contributed by atoms with Gasteiger partial charge in [0.1, 0.15) is 0 Å². The molecule has 1 heterocycles. The van der Waals surface area contributed by atoms with Crippen LogP contribution in [0.2, 0.25) is 0 Å². The Morgan fingerprint density at radius 3 is 2.68 bits per heavy atom. The molecule has 158 valence electrons. The van der Waals surface area contributed by atoms with E-state index < -0.39 is 0 Å². The highest BCUT2D eigenvalue weighted by molar-refractivity contribution is 14.0. The Bertz CT molecular complexity index is 635. The maximum atomic E-state index is 12.1. The van der Waals surface area contributed by atoms with Crippen molar-refractivity contribution in [3.8, 4) is 0 Å². The highest BCUT2D eigenvalue weighted by atomic mass is 127. The molecule has 7 heteroatoms. The first-order valence-corrected chi connectivity index (χ1v) is 10.0. The maximum absolute atomic E-state index is 12.1. The molecule has 1 unspecified atom stereocenters. The molecule has 1 aromatic rings. The van der Waals surface area contributed by atoms with E-state index in [9.17, 15) is 4.79 Å². The quantitative estimate of drug-likeness (QED) is 0.343. The van der Waals surface area contributed by atoms with Gasteiger partial charge in [0.2, 0.25) is 0 Å². The Hall–Kier alpha value is -1.35. The summed E-state index contributed by atoms with van der Waals surface area (Å²) >= 11 is 0. The van der Waals surface area contributed by atoms with Gasteiger partial charge in [-0.25, -0.2) is 0 Å². The van der Waals surface area contributed by atoms with Crippen LogP contribution >= 0.6 is 24.0 Å². The number of carbonyl (C=O) groups excluding carboxylic acids is 1. The molecule has 2 rings (SSSR count). The van der Waals surface area contributed by atoms with E-state index in [1.165, 1.54) is 25.8 Å². The highest BCUT2D eigenvalue weighted by Crippen LogP contribution is 2.15. The summed E-state index contributed by atoms with van der Waals surface area (Å²) in [4.78, 5) is 20.5. The molecule has 1 aromatic carbocycles. The van der Waals surface area contributed by atoms with Gasteiger partial charge in [0.15, 0.2) is 5.96 Å². The van der Waals surface area contributed by atoms with Gasteiger partial charge in [-0.2, -0.15) is 0 Å². The van der Waals surface area contributed by atoms with E-state index >= 15 is 0 Å². The monoisotopic (exact) mass is 501 g/mol. The van der Waals surface area contributed by atoms with Gasteiger partial charge in [0.05, 0.1) is 0 Å². The van der Waals surface area contributed by atoms with Crippen LogP contribution in [0.4, 0.5) is 0 Å². The van der Waals surface area contributed by atoms with Crippen LogP contribution in [0.1, 0.15) is 42.1 Å². The van der Waals surface area contributed by atoms with E-state index in [0.717, 1.165) is 43.1 Å². The zero-order chi connectivity index (χ0) is 19.6. The zero-order valence-corrected chi connectivity index (χ0v) is 20.0. The molecule has 0 saturated carbocycles. The van der Waals surface area contributed by atoms with Gasteiger partial charge in [0, 0.05) is 52.4 Å². The lowest BCUT2D eigenvalue weighted by Crippen LogP contribution is -2.45. The van der Waals surface area contributed by atoms with Crippen LogP contribution in [0.25, 0.3) is 0 Å². The largest absolute Gasteiger partial charge is 0.356 e. The molecule has 1 atom stereocenters. The molecule has 0 bridgehead atoms. The fraction of sp³-hybridized carbons (Fsp3) is 0.619. The third kappa shape index (κ3) is 7.95. The molecule has 6 nitrogen and oxygen atoms in total. The predicted molar refractivity (Wildman–Crippen MR) is 128 cm³/mol. The van der Waals surface area contributed by atoms with Crippen LogP contribution in [0.3, 0.4) is 0 Å². The summed E-state index contributed by atoms with van der Waals surface area (Å²) in [6.07, 6.45) is 4.82. The third-order valence-corrected chi connectivity index (χ3v) is 5.14. The summed E-state index contributed by atoms with van der Waals surface area (Å²) in [6, 6.07) is 8.52. The summed E-state index contributed by atoms with van der Waals surface area (Å²) in [6.45, 7) is 6.26. The van der Waals surface area contributed by atoms with Crippen LogP contribution < -0.4 is 10.6 Å². The Morgan fingerprint density at radius 2 is 2.00 bits per heavy atom. The number of piperidine rings is 1. The van der Waals surface area contributed by atoms with Crippen LogP contribution in [0.15, 0.2) is 29.3 Å². The van der Waals surface area contributed by atoms with Gasteiger partial charge in [0.25, 0.3) is 5.91 Å². The number of amides is 1. The minimum atomic E-state index is 0. The third-order valence-electron chi connectivity index (χ3n) is 5.14. The van der Waals surface area contributed by atoms with Crippen molar-refractivity contribution in [1.82, 2.24) is 20.4 Å². The first-order chi connectivity index (χ1) is 13.0. The Balaban J connectivity index is 0.00000392. The molecule has 28 heavy (non-hydrogen) atoms. The fourth-order valence-electron chi connectivity index (χ4n) is 3.47. The number of nitrogens with one attached hydrogen (secondary N) is 2. The summed E-state index contributed by atoms with van der Waals surface area (Å²) in [5, 5.41) is 6.77. The highest BCUT2D eigenvalue weighted by Gasteiger charge is 2.17. The zero-order valence-electron chi connectivity index (χ0n) is 17.7. The maximum Gasteiger partial charge on any atom is 0.253 e. The Morgan fingerprint density at radius 1 is 1.25 bits per heavy atom. The lowest BCUT2D eigenvalue weighted by atomic mass is 10.0. The van der Waals surface area contributed by atoms with Crippen molar-refractivity contribution in [2.45, 2.75) is 38.6 Å². The van der Waals surface area contributed by atoms with E-state index in [-0.39, 0.29) is 29.9 Å². The number of benzene rings is 1. The predicted octanol–water partition coefficient (Wildman–Crippen LogP) is 2.59. The van der Waals surface area contributed by atoms with Gasteiger partial charge in [-0.1, -0.05) is 18.6 Å². The molecule has 2 N–H and O–H groups in total. The smallest absolute Gasteiger partial charge is 0.253 e. The molecule has 1 saturated heterocycles. The van der Waals surface area contributed by atoms with E-state index in [4.69, 9.17) is 0 Å². The van der Waals surface area contributed by atoms with E-state index in [2.05, 4.69) is 33.5 Å². The average Bonchev–Trinajstić information content (AvgIpc) is 2.67. The molecule has 1 aliphatic rings. The number of hydrogen-bond donors (Lipinski definition) is 2. The van der Waals surface area contributed by atoms with Crippen LogP contribution in [-0.4, -0.2) is 75.0 Å². The topological polar surface area (TPSA) is 60.0 Å². The number of guanidine groups is 1. The average molecular weight is 501 g/mol. The summed E-state index contributed by atoms with van der Waals surface area (Å²) in [7, 11) is 5.35. The normalized spacial score (nSPS) is 17.6. The SMILES string of the molecule is CN=C(NCCc1cccc(C(=O)N(C)C)c1)NCCN1CCCCC1C.I. The Labute approximate surface area is 187 Å². The molecule has 1 aliphatic heterocycles. The second-order valence-electron chi connectivity index (χ2n) is 7.46. The van der Waals surface area contributed by atoms with Gasteiger partial charge in [-0.3, -0.25) is 14.7 Å². The van der Waals surface area contributed by atoms with Crippen LogP contribution in [-0.2, 0) is 6.42 Å². The molecular weight excluding hydrogens is 465 g/mol. The minimum absolute atomic E-state index is 0. The molecular formula is C21H36IN5O. The van der Waals surface area contributed by atoms with Crippen LogP contribution in [0, 0.1) is 0 Å². The van der Waals surface area contributed by atoms with Crippen molar-refractivity contribution in [1.29, 1.82) is 0 Å². The first kappa shape index (κ1) is 24.7. The summed E-state index contributed by atoms with van der Waals surface area (Å²) in [5.41, 5.74) is 1.88. The van der Waals surface area contributed by atoms with Crippen LogP contribution in [0.5, 0.6) is 0 Å². The summed E-state index contributed by atoms with van der Waals surface area (Å²) < 4.78 is 0. The van der Waals surface area contributed by atoms with Crippen molar-refractivity contribution >= 4 is 35.8 Å². The minimum Gasteiger partial charge on any atom is -0.356 e. The Kier molecular flexibility index (Phi) is 11.4. The van der Waals surface area contributed by atoms with Crippen molar-refractivity contribution < 1.29 is 4.79 Å². The second-order valence-corrected chi connectivity index (χ2v) is 7.46. The van der Waals surface area contributed by atoms with E-state index in [1.807, 2.05) is 18.2 Å². The standard InChI is InChI=1S/C21H35N5O.HI/c1-17-8-5-6-14-26(17)15-13-24-21(22-2)23-12-11-18-9-7-10-19(16-18)20(27)25(3)4;/h7,9-10,16-17H,5-6,8,11-15H2,1-4H3,(H2,22,23,24);1H. The molecule has 0 aromatic heterocycles. The van der Waals surface area contributed by atoms with Gasteiger partial charge in [-0.15, -0.1) is 24.0 Å². The van der Waals surface area contributed by atoms with Gasteiger partial charge in [-0.05, 0) is 50.4 Å². The molecule has 0 radical (unpaired) electrons. The van der Waals surface area contributed by atoms with Crippen molar-refractivity contribution in [2.24, 2.45) is 4.99 Å². The summed E-state index contributed by atoms with van der Waals surface area (Å²) in [5.74, 6) is 0.870. The molecule has 0 aliphatic carbocycles. The van der Waals surface area contributed by atoms with E-state index in [0.29, 0.717) is 6.04 Å². The fourth-order valence-corrected chi connectivity index (χ4v) is 3.47. The number of rotatable bonds is 7. The second kappa shape index (κ2) is 13.0. The molecule has 1 amide bonds. The number of hydrogen-bond acceptors (Lipinski definition) is 3.